The molecule has 0 aromatic carbocycles. The van der Waals surface area contributed by atoms with E-state index in [1.807, 2.05) is 0 Å². The number of hydrogen-bond donors (Lipinski definition) is 3. The molecule has 0 spiro atoms. The number of rotatable bonds is 67. The second kappa shape index (κ2) is 66.4. The van der Waals surface area contributed by atoms with Crippen LogP contribution in [0.5, 0.6) is 0 Å². The summed E-state index contributed by atoms with van der Waals surface area (Å²) in [5.41, 5.74) is 0. The minimum atomic E-state index is -0.663. The Morgan fingerprint density at radius 2 is 0.539 bits per heavy atom. The van der Waals surface area contributed by atoms with Crippen LogP contribution in [0.15, 0.2) is 0 Å². The van der Waals surface area contributed by atoms with Crippen LogP contribution in [0.1, 0.15) is 412 Å². The van der Waals surface area contributed by atoms with E-state index in [0.717, 1.165) is 38.5 Å². The Morgan fingerprint density at radius 3 is 0.803 bits per heavy atom. The normalized spacial score (nSPS) is 12.4. The Balaban J connectivity index is 3.36. The van der Waals surface area contributed by atoms with Crippen molar-refractivity contribution in [1.82, 2.24) is 5.32 Å². The number of nitrogens with one attached hydrogen (secondary N) is 1. The van der Waals surface area contributed by atoms with Gasteiger partial charge in [-0.15, -0.1) is 0 Å². The van der Waals surface area contributed by atoms with Crippen molar-refractivity contribution in [3.05, 3.63) is 0 Å². The van der Waals surface area contributed by atoms with Crippen LogP contribution >= 0.6 is 0 Å². The predicted molar refractivity (Wildman–Crippen MR) is 334 cm³/mol. The molecule has 2 atom stereocenters. The van der Waals surface area contributed by atoms with Crippen LogP contribution in [0.3, 0.4) is 0 Å². The molecule has 0 aliphatic carbocycles. The molecule has 6 heteroatoms. The lowest BCUT2D eigenvalue weighted by Crippen LogP contribution is -2.45. The van der Waals surface area contributed by atoms with Gasteiger partial charge < -0.3 is 20.3 Å². The van der Waals surface area contributed by atoms with Gasteiger partial charge in [0.2, 0.25) is 5.91 Å². The zero-order valence-electron chi connectivity index (χ0n) is 52.0. The molecule has 0 rings (SSSR count). The standard InChI is InChI=1S/C70H139NO5/c1-3-5-7-9-11-13-15-16-17-18-19-20-24-27-30-33-36-39-43-46-50-54-58-62-68(73)67(66-72)71-69(74)63-59-55-51-47-44-40-37-34-31-28-25-22-21-23-26-29-32-35-38-41-45-49-53-57-61-65-76-70(75)64-60-56-52-48-42-14-12-10-8-6-4-2/h67-68,72-73H,3-66H2,1-2H3,(H,71,74). The van der Waals surface area contributed by atoms with Gasteiger partial charge in [0, 0.05) is 12.8 Å². The fourth-order valence-electron chi connectivity index (χ4n) is 11.5. The number of carbonyl (C=O) groups is 2. The third-order valence-electron chi connectivity index (χ3n) is 16.9. The van der Waals surface area contributed by atoms with E-state index >= 15 is 0 Å². The number of aliphatic hydroxyl groups excluding tert-OH is 2. The molecule has 0 fully saturated rings. The minimum Gasteiger partial charge on any atom is -0.466 e. The van der Waals surface area contributed by atoms with E-state index < -0.39 is 12.1 Å². The summed E-state index contributed by atoms with van der Waals surface area (Å²) in [6.07, 6.45) is 80.1. The van der Waals surface area contributed by atoms with Crippen LogP contribution in [-0.4, -0.2) is 47.4 Å². The first-order valence-corrected chi connectivity index (χ1v) is 35.3. The van der Waals surface area contributed by atoms with Crippen molar-refractivity contribution in [1.29, 1.82) is 0 Å². The molecule has 0 aliphatic heterocycles. The number of aliphatic hydroxyl groups is 2. The molecular formula is C70H139NO5. The van der Waals surface area contributed by atoms with Gasteiger partial charge in [-0.25, -0.2) is 0 Å². The Labute approximate surface area is 476 Å². The monoisotopic (exact) mass is 1070 g/mol. The molecule has 0 radical (unpaired) electrons. The molecule has 0 aromatic heterocycles. The lowest BCUT2D eigenvalue weighted by molar-refractivity contribution is -0.143. The van der Waals surface area contributed by atoms with Crippen molar-refractivity contribution in [2.24, 2.45) is 0 Å². The van der Waals surface area contributed by atoms with E-state index in [-0.39, 0.29) is 18.5 Å². The maximum absolute atomic E-state index is 12.6. The highest BCUT2D eigenvalue weighted by Gasteiger charge is 2.20. The number of ether oxygens (including phenoxy) is 1. The van der Waals surface area contributed by atoms with Crippen LogP contribution in [0.25, 0.3) is 0 Å². The summed E-state index contributed by atoms with van der Waals surface area (Å²) in [6, 6.07) is -0.540. The van der Waals surface area contributed by atoms with E-state index in [2.05, 4.69) is 19.2 Å². The first-order valence-electron chi connectivity index (χ1n) is 35.3. The molecule has 0 heterocycles. The lowest BCUT2D eigenvalue weighted by atomic mass is 10.0. The van der Waals surface area contributed by atoms with Gasteiger partial charge in [0.1, 0.15) is 0 Å². The molecule has 0 aromatic rings. The topological polar surface area (TPSA) is 95.9 Å². The Bertz CT molecular complexity index is 1100. The lowest BCUT2D eigenvalue weighted by Gasteiger charge is -2.22. The highest BCUT2D eigenvalue weighted by molar-refractivity contribution is 5.76. The summed E-state index contributed by atoms with van der Waals surface area (Å²) in [6.45, 7) is 5.00. The maximum Gasteiger partial charge on any atom is 0.305 e. The molecule has 3 N–H and O–H groups in total. The Morgan fingerprint density at radius 1 is 0.316 bits per heavy atom. The molecule has 0 aliphatic rings. The smallest absolute Gasteiger partial charge is 0.305 e. The number of unbranched alkanes of at least 4 members (excludes halogenated alkanes) is 56. The van der Waals surface area contributed by atoms with Crippen molar-refractivity contribution in [3.63, 3.8) is 0 Å². The van der Waals surface area contributed by atoms with Crippen molar-refractivity contribution in [2.45, 2.75) is 424 Å². The van der Waals surface area contributed by atoms with Gasteiger partial charge >= 0.3 is 5.97 Å². The van der Waals surface area contributed by atoms with Crippen LogP contribution < -0.4 is 5.32 Å². The van der Waals surface area contributed by atoms with E-state index in [1.165, 1.54) is 340 Å². The van der Waals surface area contributed by atoms with Crippen LogP contribution in [0.4, 0.5) is 0 Å². The fraction of sp³-hybridized carbons (Fsp3) is 0.971. The largest absolute Gasteiger partial charge is 0.466 e. The first kappa shape index (κ1) is 74.9. The average Bonchev–Trinajstić information content (AvgIpc) is 3.42. The van der Waals surface area contributed by atoms with Gasteiger partial charge in [0.25, 0.3) is 0 Å². The van der Waals surface area contributed by atoms with Gasteiger partial charge in [-0.2, -0.15) is 0 Å². The molecule has 6 nitrogen and oxygen atoms in total. The fourth-order valence-corrected chi connectivity index (χ4v) is 11.5. The molecule has 2 unspecified atom stereocenters. The number of carbonyl (C=O) groups excluding carboxylic acids is 2. The summed E-state index contributed by atoms with van der Waals surface area (Å²) in [7, 11) is 0. The molecular weight excluding hydrogens is 935 g/mol. The highest BCUT2D eigenvalue weighted by Crippen LogP contribution is 2.20. The van der Waals surface area contributed by atoms with Crippen molar-refractivity contribution in [2.75, 3.05) is 13.2 Å². The summed E-state index contributed by atoms with van der Waals surface area (Å²) in [4.78, 5) is 24.6. The van der Waals surface area contributed by atoms with Gasteiger partial charge in [0.15, 0.2) is 0 Å². The Hall–Kier alpha value is -1.14. The Kier molecular flexibility index (Phi) is 65.4. The van der Waals surface area contributed by atoms with Gasteiger partial charge in [-0.05, 0) is 25.7 Å². The number of hydrogen-bond acceptors (Lipinski definition) is 5. The van der Waals surface area contributed by atoms with Crippen LogP contribution in [0, 0.1) is 0 Å². The SMILES string of the molecule is CCCCCCCCCCCCCCCCCCCCCCCCCC(O)C(CO)NC(=O)CCCCCCCCCCCCCCCCCCCCCCCCCCCOC(=O)CCCCCCCCCCCCC. The zero-order valence-corrected chi connectivity index (χ0v) is 52.0. The summed E-state index contributed by atoms with van der Waals surface area (Å²) in [5.74, 6) is -0.00999. The molecule has 0 saturated heterocycles. The molecule has 454 valence electrons. The highest BCUT2D eigenvalue weighted by atomic mass is 16.5. The number of amides is 1. The van der Waals surface area contributed by atoms with Crippen molar-refractivity contribution >= 4 is 11.9 Å². The van der Waals surface area contributed by atoms with E-state index in [9.17, 15) is 19.8 Å². The summed E-state index contributed by atoms with van der Waals surface area (Å²) in [5, 5.41) is 23.4. The summed E-state index contributed by atoms with van der Waals surface area (Å²) < 4.78 is 5.48. The van der Waals surface area contributed by atoms with Gasteiger partial charge in [0.05, 0.1) is 25.4 Å². The van der Waals surface area contributed by atoms with E-state index in [0.29, 0.717) is 25.9 Å². The van der Waals surface area contributed by atoms with E-state index in [1.54, 1.807) is 0 Å². The third-order valence-corrected chi connectivity index (χ3v) is 16.9. The second-order valence-corrected chi connectivity index (χ2v) is 24.6. The van der Waals surface area contributed by atoms with Crippen molar-refractivity contribution < 1.29 is 24.5 Å². The summed E-state index contributed by atoms with van der Waals surface area (Å²) >= 11 is 0. The average molecular weight is 1070 g/mol. The van der Waals surface area contributed by atoms with Crippen LogP contribution in [0.2, 0.25) is 0 Å². The second-order valence-electron chi connectivity index (χ2n) is 24.6. The minimum absolute atomic E-state index is 0.0175. The van der Waals surface area contributed by atoms with Crippen LogP contribution in [-0.2, 0) is 14.3 Å². The van der Waals surface area contributed by atoms with Gasteiger partial charge in [-0.3, -0.25) is 9.59 Å². The zero-order chi connectivity index (χ0) is 55.0. The van der Waals surface area contributed by atoms with Crippen molar-refractivity contribution in [3.8, 4) is 0 Å². The number of esters is 1. The first-order chi connectivity index (χ1) is 37.5. The molecule has 76 heavy (non-hydrogen) atoms. The molecule has 1 amide bonds. The van der Waals surface area contributed by atoms with Gasteiger partial charge in [-0.1, -0.05) is 373 Å². The quantitative estimate of drug-likeness (QED) is 0.0417. The maximum atomic E-state index is 12.6. The van der Waals surface area contributed by atoms with E-state index in [4.69, 9.17) is 4.74 Å². The third kappa shape index (κ3) is 62.1. The molecule has 0 saturated carbocycles. The predicted octanol–water partition coefficient (Wildman–Crippen LogP) is 22.6. The molecule has 0 bridgehead atoms.